The molecular formula is C20H18ClN5O. The third-order valence-corrected chi connectivity index (χ3v) is 4.23. The van der Waals surface area contributed by atoms with Gasteiger partial charge >= 0.3 is 0 Å². The summed E-state index contributed by atoms with van der Waals surface area (Å²) in [5.74, 6) is 0.794. The molecule has 0 fully saturated rings. The fraction of sp³-hybridized carbons (Fsp3) is 0. The average molecular weight is 380 g/mol. The maximum absolute atomic E-state index is 7.52. The summed E-state index contributed by atoms with van der Waals surface area (Å²) in [4.78, 5) is 3.29. The van der Waals surface area contributed by atoms with Crippen LogP contribution in [0.2, 0.25) is 0 Å². The Kier molecular flexibility index (Phi) is 4.75. The van der Waals surface area contributed by atoms with Crippen molar-refractivity contribution in [3.05, 3.63) is 71.1 Å². The molecule has 0 unspecified atom stereocenters. The fourth-order valence-corrected chi connectivity index (χ4v) is 2.89. The van der Waals surface area contributed by atoms with Crippen molar-refractivity contribution < 1.29 is 4.42 Å². The van der Waals surface area contributed by atoms with Crippen molar-refractivity contribution in [2.24, 2.45) is 11.5 Å². The lowest BCUT2D eigenvalue weighted by Gasteiger charge is -1.96. The molecule has 0 atom stereocenters. The predicted octanol–water partition coefficient (Wildman–Crippen LogP) is 4.07. The molecule has 2 aromatic carbocycles. The van der Waals surface area contributed by atoms with Gasteiger partial charge in [-0.15, -0.1) is 12.4 Å². The summed E-state index contributed by atoms with van der Waals surface area (Å²) in [6.45, 7) is 0. The van der Waals surface area contributed by atoms with Gasteiger partial charge in [-0.05, 0) is 48.6 Å². The van der Waals surface area contributed by atoms with Crippen LogP contribution in [0.1, 0.15) is 22.6 Å². The Morgan fingerprint density at radius 3 is 2.30 bits per heavy atom. The van der Waals surface area contributed by atoms with Crippen LogP contribution in [0.15, 0.2) is 52.9 Å². The first-order valence-electron chi connectivity index (χ1n) is 8.03. The SMILES string of the molecule is Cl.N=C(N)c1ccc2oc(/C=C\c3cc4ccc(C(=N)N)cc4[nH]3)cc2c1. The number of aromatic amines is 1. The van der Waals surface area contributed by atoms with Crippen LogP contribution in [0.25, 0.3) is 34.0 Å². The summed E-state index contributed by atoms with van der Waals surface area (Å²) in [6.07, 6.45) is 3.81. The van der Waals surface area contributed by atoms with Gasteiger partial charge in [0.1, 0.15) is 23.0 Å². The maximum atomic E-state index is 7.52. The molecule has 0 aliphatic heterocycles. The summed E-state index contributed by atoms with van der Waals surface area (Å²) in [6, 6.07) is 15.0. The number of halogens is 1. The quantitative estimate of drug-likeness (QED) is 0.270. The second-order valence-corrected chi connectivity index (χ2v) is 6.09. The number of nitrogens with one attached hydrogen (secondary N) is 3. The highest BCUT2D eigenvalue weighted by atomic mass is 35.5. The van der Waals surface area contributed by atoms with E-state index in [9.17, 15) is 0 Å². The summed E-state index contributed by atoms with van der Waals surface area (Å²) in [5, 5.41) is 17.0. The highest BCUT2D eigenvalue weighted by Crippen LogP contribution is 2.23. The molecule has 0 aliphatic rings. The van der Waals surface area contributed by atoms with Crippen LogP contribution >= 0.6 is 12.4 Å². The van der Waals surface area contributed by atoms with E-state index < -0.39 is 0 Å². The Balaban J connectivity index is 0.00000210. The third-order valence-electron chi connectivity index (χ3n) is 4.23. The minimum Gasteiger partial charge on any atom is -0.457 e. The van der Waals surface area contributed by atoms with Crippen LogP contribution in [-0.2, 0) is 0 Å². The molecule has 2 aromatic heterocycles. The van der Waals surface area contributed by atoms with Crippen molar-refractivity contribution in [2.45, 2.75) is 0 Å². The molecule has 7 N–H and O–H groups in total. The van der Waals surface area contributed by atoms with Crippen molar-refractivity contribution in [1.29, 1.82) is 10.8 Å². The summed E-state index contributed by atoms with van der Waals surface area (Å²) < 4.78 is 5.79. The highest BCUT2D eigenvalue weighted by molar-refractivity contribution is 5.99. The average Bonchev–Trinajstić information content (AvgIpc) is 3.21. The predicted molar refractivity (Wildman–Crippen MR) is 113 cm³/mol. The number of amidine groups is 2. The molecule has 0 saturated carbocycles. The Morgan fingerprint density at radius 1 is 0.852 bits per heavy atom. The van der Waals surface area contributed by atoms with Gasteiger partial charge in [0.05, 0.1) is 0 Å². The molecule has 7 heteroatoms. The van der Waals surface area contributed by atoms with Crippen LogP contribution < -0.4 is 11.5 Å². The number of hydrogen-bond acceptors (Lipinski definition) is 3. The van der Waals surface area contributed by atoms with Crippen molar-refractivity contribution >= 4 is 58.1 Å². The number of nitrogens with two attached hydrogens (primary N) is 2. The minimum atomic E-state index is 0. The molecule has 0 radical (unpaired) electrons. The first-order valence-corrected chi connectivity index (χ1v) is 8.03. The van der Waals surface area contributed by atoms with Crippen molar-refractivity contribution in [3.8, 4) is 0 Å². The molecule has 0 bridgehead atoms. The van der Waals surface area contributed by atoms with Crippen LogP contribution in [0, 0.1) is 10.8 Å². The second-order valence-electron chi connectivity index (χ2n) is 6.09. The zero-order valence-corrected chi connectivity index (χ0v) is 15.1. The van der Waals surface area contributed by atoms with E-state index >= 15 is 0 Å². The van der Waals surface area contributed by atoms with E-state index in [2.05, 4.69) is 4.98 Å². The fourth-order valence-electron chi connectivity index (χ4n) is 2.89. The van der Waals surface area contributed by atoms with Crippen LogP contribution in [0.4, 0.5) is 0 Å². The number of rotatable bonds is 4. The molecular weight excluding hydrogens is 362 g/mol. The van der Waals surface area contributed by atoms with Gasteiger partial charge in [0.2, 0.25) is 0 Å². The summed E-state index contributed by atoms with van der Waals surface area (Å²) in [7, 11) is 0. The second kappa shape index (κ2) is 7.01. The number of fused-ring (bicyclic) bond motifs is 2. The molecule has 0 spiro atoms. The van der Waals surface area contributed by atoms with Crippen LogP contribution in [0.3, 0.4) is 0 Å². The van der Waals surface area contributed by atoms with Gasteiger partial charge in [-0.3, -0.25) is 10.8 Å². The lowest BCUT2D eigenvalue weighted by atomic mass is 10.1. The number of H-pyrrole nitrogens is 1. The Morgan fingerprint density at radius 2 is 1.56 bits per heavy atom. The van der Waals surface area contributed by atoms with Gasteiger partial charge in [0, 0.05) is 33.1 Å². The number of aromatic nitrogens is 1. The molecule has 0 amide bonds. The lowest BCUT2D eigenvalue weighted by Crippen LogP contribution is -2.10. The Hall–Kier alpha value is -3.51. The zero-order chi connectivity index (χ0) is 18.3. The van der Waals surface area contributed by atoms with Gasteiger partial charge < -0.3 is 20.9 Å². The van der Waals surface area contributed by atoms with Gasteiger partial charge in [0.15, 0.2) is 0 Å². The summed E-state index contributed by atoms with van der Waals surface area (Å²) >= 11 is 0. The molecule has 0 aliphatic carbocycles. The van der Waals surface area contributed by atoms with E-state index in [-0.39, 0.29) is 24.1 Å². The van der Waals surface area contributed by atoms with E-state index in [0.717, 1.165) is 27.6 Å². The molecule has 6 nitrogen and oxygen atoms in total. The van der Waals surface area contributed by atoms with Crippen molar-refractivity contribution in [1.82, 2.24) is 4.98 Å². The zero-order valence-electron chi connectivity index (χ0n) is 14.2. The molecule has 4 aromatic rings. The Labute approximate surface area is 161 Å². The molecule has 136 valence electrons. The molecule has 2 heterocycles. The van der Waals surface area contributed by atoms with Gasteiger partial charge in [-0.2, -0.15) is 0 Å². The normalized spacial score (nSPS) is 11.1. The van der Waals surface area contributed by atoms with Crippen molar-refractivity contribution in [3.63, 3.8) is 0 Å². The van der Waals surface area contributed by atoms with E-state index in [4.69, 9.17) is 26.7 Å². The van der Waals surface area contributed by atoms with E-state index in [1.165, 1.54) is 0 Å². The third kappa shape index (κ3) is 3.56. The molecule has 0 saturated heterocycles. The monoisotopic (exact) mass is 379 g/mol. The van der Waals surface area contributed by atoms with Gasteiger partial charge in [-0.1, -0.05) is 12.1 Å². The van der Waals surface area contributed by atoms with E-state index in [1.54, 1.807) is 6.07 Å². The van der Waals surface area contributed by atoms with Crippen molar-refractivity contribution in [2.75, 3.05) is 0 Å². The summed E-state index contributed by atoms with van der Waals surface area (Å²) in [5.41, 5.74) is 15.0. The number of nitrogen functional groups attached to an aromatic ring is 2. The molecule has 4 rings (SSSR count). The maximum Gasteiger partial charge on any atom is 0.134 e. The first-order chi connectivity index (χ1) is 12.5. The van der Waals surface area contributed by atoms with E-state index in [1.807, 2.05) is 54.6 Å². The smallest absolute Gasteiger partial charge is 0.134 e. The van der Waals surface area contributed by atoms with Gasteiger partial charge in [0.25, 0.3) is 0 Å². The topological polar surface area (TPSA) is 129 Å². The van der Waals surface area contributed by atoms with Crippen LogP contribution in [-0.4, -0.2) is 16.7 Å². The Bertz CT molecular complexity index is 1110. The number of benzene rings is 2. The van der Waals surface area contributed by atoms with E-state index in [0.29, 0.717) is 16.9 Å². The minimum absolute atomic E-state index is 0. The largest absolute Gasteiger partial charge is 0.457 e. The van der Waals surface area contributed by atoms with Crippen LogP contribution in [0.5, 0.6) is 0 Å². The van der Waals surface area contributed by atoms with Gasteiger partial charge in [-0.25, -0.2) is 0 Å². The standard InChI is InChI=1S/C20H17N5O.ClH/c21-19(22)12-3-6-18-14(7-12)9-16(26-18)5-4-15-8-11-1-2-13(20(23)24)10-17(11)25-15;/h1-10,25H,(H3,21,22)(H3,23,24);1H/b5-4-;. The first kappa shape index (κ1) is 18.3. The lowest BCUT2D eigenvalue weighted by molar-refractivity contribution is 0.604. The number of hydrogen-bond donors (Lipinski definition) is 5. The number of furan rings is 1. The molecule has 27 heavy (non-hydrogen) atoms. The highest BCUT2D eigenvalue weighted by Gasteiger charge is 2.05.